The van der Waals surface area contributed by atoms with E-state index in [1.54, 1.807) is 0 Å². The number of ketones is 1. The molecule has 0 radical (unpaired) electrons. The Bertz CT molecular complexity index is 364. The van der Waals surface area contributed by atoms with Crippen LogP contribution in [0, 0.1) is 0 Å². The van der Waals surface area contributed by atoms with Crippen LogP contribution in [0.2, 0.25) is 18.0 Å². The van der Waals surface area contributed by atoms with Crippen molar-refractivity contribution in [2.24, 2.45) is 0 Å². The van der Waals surface area contributed by atoms with Crippen LogP contribution in [0.15, 0.2) is 30.3 Å². The molecule has 1 aromatic rings. The fourth-order valence-corrected chi connectivity index (χ4v) is 2.79. The number of rotatable bonds is 3. The van der Waals surface area contributed by atoms with E-state index >= 15 is 0 Å². The fourth-order valence-electron chi connectivity index (χ4n) is 2.79. The second kappa shape index (κ2) is 4.44. The number of hydrogen-bond acceptors (Lipinski definition) is 1. The first-order chi connectivity index (χ1) is 7.62. The Kier molecular flexibility index (Phi) is 3.18. The van der Waals surface area contributed by atoms with Gasteiger partial charge in [-0.3, -0.25) is 4.79 Å². The van der Waals surface area contributed by atoms with Gasteiger partial charge in [-0.2, -0.15) is 0 Å². The lowest BCUT2D eigenvalue weighted by molar-refractivity contribution is 0.0946. The van der Waals surface area contributed by atoms with Crippen LogP contribution in [0.3, 0.4) is 0 Å². The summed E-state index contributed by atoms with van der Waals surface area (Å²) in [6.07, 6.45) is 5.00. The maximum Gasteiger partial charge on any atom is 0.161 e. The van der Waals surface area contributed by atoms with Crippen LogP contribution in [0.5, 0.6) is 0 Å². The van der Waals surface area contributed by atoms with Crippen molar-refractivity contribution in [3.63, 3.8) is 0 Å². The van der Waals surface area contributed by atoms with Gasteiger partial charge in [-0.25, -0.2) is 0 Å². The molecular formula is C14H19BO. The highest BCUT2D eigenvalue weighted by Crippen LogP contribution is 2.41. The van der Waals surface area contributed by atoms with Gasteiger partial charge in [-0.15, -0.1) is 0 Å². The summed E-state index contributed by atoms with van der Waals surface area (Å²) in [5, 5.41) is -0.197. The van der Waals surface area contributed by atoms with E-state index in [2.05, 4.69) is 13.8 Å². The Morgan fingerprint density at radius 3 is 2.25 bits per heavy atom. The summed E-state index contributed by atoms with van der Waals surface area (Å²) < 4.78 is 0. The molecule has 2 heteroatoms. The minimum atomic E-state index is -0.197. The van der Waals surface area contributed by atoms with E-state index in [4.69, 9.17) is 0 Å². The summed E-state index contributed by atoms with van der Waals surface area (Å²) in [6.45, 7) is 4.79. The lowest BCUT2D eigenvalue weighted by Crippen LogP contribution is -2.32. The molecule has 0 aromatic heterocycles. The molecule has 0 spiro atoms. The minimum Gasteiger partial charge on any atom is -0.294 e. The smallest absolute Gasteiger partial charge is 0.161 e. The van der Waals surface area contributed by atoms with Gasteiger partial charge < -0.3 is 0 Å². The first kappa shape index (κ1) is 11.4. The Labute approximate surface area is 98.3 Å². The van der Waals surface area contributed by atoms with E-state index in [0.29, 0.717) is 12.5 Å². The van der Waals surface area contributed by atoms with Crippen molar-refractivity contribution >= 4 is 12.5 Å². The van der Waals surface area contributed by atoms with Gasteiger partial charge >= 0.3 is 0 Å². The van der Waals surface area contributed by atoms with Crippen LogP contribution >= 0.6 is 0 Å². The number of Topliss-reactive ketones (excluding diaryl/α,β-unsaturated/α-hetero) is 1. The Morgan fingerprint density at radius 2 is 1.69 bits per heavy atom. The third-order valence-corrected chi connectivity index (χ3v) is 4.00. The SMILES string of the molecule is CC(C)(B1CCCC1)C(=O)c1ccccc1. The van der Waals surface area contributed by atoms with Crippen LogP contribution < -0.4 is 0 Å². The number of carbonyl (C=O) groups excluding carboxylic acids is 1. The Balaban J connectivity index is 2.20. The summed E-state index contributed by atoms with van der Waals surface area (Å²) in [5.74, 6) is 0.306. The summed E-state index contributed by atoms with van der Waals surface area (Å²) in [5.41, 5.74) is 0.861. The zero-order chi connectivity index (χ0) is 11.6. The van der Waals surface area contributed by atoms with Crippen molar-refractivity contribution in [3.8, 4) is 0 Å². The van der Waals surface area contributed by atoms with Crippen LogP contribution in [-0.2, 0) is 0 Å². The predicted molar refractivity (Wildman–Crippen MR) is 69.4 cm³/mol. The normalized spacial score (nSPS) is 16.5. The standard InChI is InChI=1S/C14H19BO/c1-14(2,15-10-6-7-11-15)13(16)12-8-4-3-5-9-12/h3-5,8-9H,6-7,10-11H2,1-2H3. The lowest BCUT2D eigenvalue weighted by Gasteiger charge is -2.27. The number of carbonyl (C=O) groups is 1. The molecule has 0 N–H and O–H groups in total. The van der Waals surface area contributed by atoms with Gasteiger partial charge in [0.2, 0.25) is 0 Å². The van der Waals surface area contributed by atoms with Crippen LogP contribution in [0.4, 0.5) is 0 Å². The summed E-state index contributed by atoms with van der Waals surface area (Å²) in [6, 6.07) is 9.70. The molecule has 0 bridgehead atoms. The molecule has 0 unspecified atom stereocenters. The highest BCUT2D eigenvalue weighted by molar-refractivity contribution is 6.68. The molecular weight excluding hydrogens is 195 g/mol. The maximum absolute atomic E-state index is 12.5. The lowest BCUT2D eigenvalue weighted by atomic mass is 9.32. The average Bonchev–Trinajstić information content (AvgIpc) is 2.83. The highest BCUT2D eigenvalue weighted by atomic mass is 16.1. The molecule has 1 fully saturated rings. The van der Waals surface area contributed by atoms with Gasteiger partial charge in [0.05, 0.1) is 0 Å². The highest BCUT2D eigenvalue weighted by Gasteiger charge is 2.40. The third-order valence-electron chi connectivity index (χ3n) is 4.00. The quantitative estimate of drug-likeness (QED) is 0.550. The van der Waals surface area contributed by atoms with Crippen LogP contribution in [0.1, 0.15) is 37.0 Å². The number of benzene rings is 1. The summed E-state index contributed by atoms with van der Waals surface area (Å²) in [4.78, 5) is 12.5. The predicted octanol–water partition coefficient (Wildman–Crippen LogP) is 3.94. The van der Waals surface area contributed by atoms with Gasteiger partial charge in [0.1, 0.15) is 0 Å². The second-order valence-corrected chi connectivity index (χ2v) is 5.40. The van der Waals surface area contributed by atoms with Crippen molar-refractivity contribution in [3.05, 3.63) is 35.9 Å². The molecule has 0 atom stereocenters. The summed E-state index contributed by atoms with van der Waals surface area (Å²) in [7, 11) is 0. The van der Waals surface area contributed by atoms with Crippen LogP contribution in [-0.4, -0.2) is 12.5 Å². The van der Waals surface area contributed by atoms with Crippen molar-refractivity contribution < 1.29 is 4.79 Å². The van der Waals surface area contributed by atoms with Crippen molar-refractivity contribution in [2.45, 2.75) is 44.6 Å². The van der Waals surface area contributed by atoms with Crippen LogP contribution in [0.25, 0.3) is 0 Å². The topological polar surface area (TPSA) is 17.1 Å². The molecule has 1 aromatic carbocycles. The van der Waals surface area contributed by atoms with Gasteiger partial charge in [0.15, 0.2) is 12.5 Å². The molecule has 16 heavy (non-hydrogen) atoms. The van der Waals surface area contributed by atoms with Gasteiger partial charge in [-0.1, -0.05) is 69.7 Å². The zero-order valence-electron chi connectivity index (χ0n) is 10.2. The minimum absolute atomic E-state index is 0.197. The molecule has 1 saturated heterocycles. The first-order valence-corrected chi connectivity index (χ1v) is 6.22. The molecule has 0 aliphatic carbocycles. The van der Waals surface area contributed by atoms with E-state index in [-0.39, 0.29) is 5.31 Å². The summed E-state index contributed by atoms with van der Waals surface area (Å²) >= 11 is 0. The zero-order valence-corrected chi connectivity index (χ0v) is 10.2. The molecule has 1 heterocycles. The largest absolute Gasteiger partial charge is 0.294 e. The Hall–Kier alpha value is -1.05. The van der Waals surface area contributed by atoms with Crippen molar-refractivity contribution in [1.82, 2.24) is 0 Å². The van der Waals surface area contributed by atoms with Gasteiger partial charge in [0.25, 0.3) is 0 Å². The number of hydrogen-bond donors (Lipinski definition) is 0. The van der Waals surface area contributed by atoms with Gasteiger partial charge in [-0.05, 0) is 0 Å². The molecule has 1 aliphatic heterocycles. The van der Waals surface area contributed by atoms with E-state index in [0.717, 1.165) is 5.56 Å². The molecule has 0 saturated carbocycles. The van der Waals surface area contributed by atoms with E-state index in [9.17, 15) is 4.79 Å². The molecule has 0 amide bonds. The van der Waals surface area contributed by atoms with Crippen molar-refractivity contribution in [2.75, 3.05) is 0 Å². The fraction of sp³-hybridized carbons (Fsp3) is 0.500. The van der Waals surface area contributed by atoms with E-state index in [1.165, 1.54) is 25.5 Å². The molecule has 1 aliphatic rings. The Morgan fingerprint density at radius 1 is 1.12 bits per heavy atom. The van der Waals surface area contributed by atoms with E-state index < -0.39 is 0 Å². The van der Waals surface area contributed by atoms with E-state index in [1.807, 2.05) is 30.3 Å². The second-order valence-electron chi connectivity index (χ2n) is 5.40. The van der Waals surface area contributed by atoms with Gasteiger partial charge in [0, 0.05) is 10.9 Å². The van der Waals surface area contributed by atoms with Crippen molar-refractivity contribution in [1.29, 1.82) is 0 Å². The monoisotopic (exact) mass is 214 g/mol. The molecule has 84 valence electrons. The third kappa shape index (κ3) is 2.06. The first-order valence-electron chi connectivity index (χ1n) is 6.22. The maximum atomic E-state index is 12.5. The average molecular weight is 214 g/mol. The molecule has 1 nitrogen and oxygen atoms in total. The molecule has 2 rings (SSSR count).